The number of aromatic nitrogens is 2. The van der Waals surface area contributed by atoms with Crippen LogP contribution in [0.25, 0.3) is 0 Å². The van der Waals surface area contributed by atoms with Crippen LogP contribution in [0, 0.1) is 13.8 Å². The summed E-state index contributed by atoms with van der Waals surface area (Å²) in [7, 11) is 4.24. The summed E-state index contributed by atoms with van der Waals surface area (Å²) in [6, 6.07) is 5.68. The van der Waals surface area contributed by atoms with Crippen LogP contribution in [-0.4, -0.2) is 72.2 Å². The van der Waals surface area contributed by atoms with Crippen molar-refractivity contribution in [3.63, 3.8) is 0 Å². The van der Waals surface area contributed by atoms with E-state index in [2.05, 4.69) is 44.5 Å². The maximum absolute atomic E-state index is 12.4. The fraction of sp³-hybridized carbons (Fsp3) is 0.450. The van der Waals surface area contributed by atoms with Crippen molar-refractivity contribution in [1.29, 1.82) is 0 Å². The Bertz CT molecular complexity index is 811. The number of carbonyl (C=O) groups is 1. The van der Waals surface area contributed by atoms with Gasteiger partial charge in [-0.3, -0.25) is 15.2 Å². The lowest BCUT2D eigenvalue weighted by molar-refractivity contribution is 0.0783. The normalized spacial score (nSPS) is 17.9. The van der Waals surface area contributed by atoms with Gasteiger partial charge in [0.05, 0.1) is 29.8 Å². The molecule has 1 saturated heterocycles. The van der Waals surface area contributed by atoms with E-state index in [1.54, 1.807) is 6.20 Å². The number of likely N-dealkylation sites (N-methyl/N-ethyl adjacent to an activating group) is 2. The fourth-order valence-corrected chi connectivity index (χ4v) is 3.06. The Labute approximate surface area is 165 Å². The SMILES string of the molecule is Cc1ccc(OCC2CN(C)CCN2C)c(NC(=O)Nc2cnc(C)cn2)c1. The Balaban J connectivity index is 1.64. The Morgan fingerprint density at radius 3 is 2.75 bits per heavy atom. The number of rotatable bonds is 5. The molecule has 8 nitrogen and oxygen atoms in total. The number of anilines is 2. The zero-order valence-corrected chi connectivity index (χ0v) is 16.9. The van der Waals surface area contributed by atoms with Crippen molar-refractivity contribution in [2.45, 2.75) is 19.9 Å². The quantitative estimate of drug-likeness (QED) is 0.824. The van der Waals surface area contributed by atoms with Crippen LogP contribution in [0.2, 0.25) is 0 Å². The molecule has 1 atom stereocenters. The molecule has 8 heteroatoms. The molecule has 28 heavy (non-hydrogen) atoms. The molecule has 0 bridgehead atoms. The number of nitrogens with one attached hydrogen (secondary N) is 2. The molecule has 2 N–H and O–H groups in total. The number of piperazine rings is 1. The van der Waals surface area contributed by atoms with Crippen LogP contribution in [0.15, 0.2) is 30.6 Å². The number of nitrogens with zero attached hydrogens (tertiary/aromatic N) is 4. The first-order valence-corrected chi connectivity index (χ1v) is 9.39. The number of carbonyl (C=O) groups excluding carboxylic acids is 1. The molecule has 1 aliphatic heterocycles. The van der Waals surface area contributed by atoms with Crippen LogP contribution in [0.4, 0.5) is 16.3 Å². The fourth-order valence-electron chi connectivity index (χ4n) is 3.06. The smallest absolute Gasteiger partial charge is 0.324 e. The summed E-state index contributed by atoms with van der Waals surface area (Å²) in [4.78, 5) is 25.2. The molecule has 0 saturated carbocycles. The minimum Gasteiger partial charge on any atom is -0.490 e. The minimum atomic E-state index is -0.386. The molecule has 1 fully saturated rings. The van der Waals surface area contributed by atoms with Gasteiger partial charge >= 0.3 is 6.03 Å². The van der Waals surface area contributed by atoms with E-state index in [0.717, 1.165) is 30.9 Å². The second kappa shape index (κ2) is 8.99. The predicted molar refractivity (Wildman–Crippen MR) is 110 cm³/mol. The minimum absolute atomic E-state index is 0.310. The van der Waals surface area contributed by atoms with Crippen LogP contribution in [0.5, 0.6) is 5.75 Å². The Morgan fingerprint density at radius 2 is 2.00 bits per heavy atom. The number of aryl methyl sites for hydroxylation is 2. The van der Waals surface area contributed by atoms with Gasteiger partial charge in [-0.25, -0.2) is 9.78 Å². The lowest BCUT2D eigenvalue weighted by atomic mass is 10.2. The highest BCUT2D eigenvalue weighted by Gasteiger charge is 2.23. The predicted octanol–water partition coefficient (Wildman–Crippen LogP) is 2.36. The van der Waals surface area contributed by atoms with Gasteiger partial charge in [0.15, 0.2) is 5.82 Å². The largest absolute Gasteiger partial charge is 0.490 e. The molecule has 0 radical (unpaired) electrons. The average Bonchev–Trinajstić information content (AvgIpc) is 2.65. The average molecular weight is 384 g/mol. The van der Waals surface area contributed by atoms with E-state index >= 15 is 0 Å². The van der Waals surface area contributed by atoms with Crippen molar-refractivity contribution in [2.24, 2.45) is 0 Å². The third kappa shape index (κ3) is 5.40. The molecule has 2 amide bonds. The monoisotopic (exact) mass is 384 g/mol. The number of ether oxygens (including phenoxy) is 1. The van der Waals surface area contributed by atoms with Crippen molar-refractivity contribution in [2.75, 3.05) is 51.0 Å². The van der Waals surface area contributed by atoms with Gasteiger partial charge in [0.25, 0.3) is 0 Å². The van der Waals surface area contributed by atoms with Crippen molar-refractivity contribution in [1.82, 2.24) is 19.8 Å². The molecule has 2 aromatic rings. The summed E-state index contributed by atoms with van der Waals surface area (Å²) in [6.07, 6.45) is 3.13. The maximum Gasteiger partial charge on any atom is 0.324 e. The van der Waals surface area contributed by atoms with Crippen molar-refractivity contribution < 1.29 is 9.53 Å². The molecule has 1 unspecified atom stereocenters. The van der Waals surface area contributed by atoms with Gasteiger partial charge in [0.2, 0.25) is 0 Å². The molecular weight excluding hydrogens is 356 g/mol. The number of hydrogen-bond donors (Lipinski definition) is 2. The van der Waals surface area contributed by atoms with Gasteiger partial charge in [-0.1, -0.05) is 6.07 Å². The first kappa shape index (κ1) is 20.0. The van der Waals surface area contributed by atoms with E-state index < -0.39 is 0 Å². The van der Waals surface area contributed by atoms with Gasteiger partial charge in [-0.15, -0.1) is 0 Å². The maximum atomic E-state index is 12.4. The summed E-state index contributed by atoms with van der Waals surface area (Å²) in [6.45, 7) is 7.41. The zero-order valence-electron chi connectivity index (χ0n) is 16.9. The summed E-state index contributed by atoms with van der Waals surface area (Å²) < 4.78 is 6.08. The molecule has 150 valence electrons. The van der Waals surface area contributed by atoms with Crippen molar-refractivity contribution in [3.05, 3.63) is 41.9 Å². The van der Waals surface area contributed by atoms with Crippen LogP contribution >= 0.6 is 0 Å². The van der Waals surface area contributed by atoms with Crippen molar-refractivity contribution >= 4 is 17.5 Å². The van der Waals surface area contributed by atoms with Gasteiger partial charge in [-0.2, -0.15) is 0 Å². The van der Waals surface area contributed by atoms with Crippen LogP contribution < -0.4 is 15.4 Å². The molecule has 0 spiro atoms. The highest BCUT2D eigenvalue weighted by molar-refractivity contribution is 6.00. The second-order valence-corrected chi connectivity index (χ2v) is 7.33. The van der Waals surface area contributed by atoms with Gasteiger partial charge < -0.3 is 15.0 Å². The molecule has 1 aromatic heterocycles. The number of amides is 2. The Hall–Kier alpha value is -2.71. The lowest BCUT2D eigenvalue weighted by Crippen LogP contribution is -2.52. The number of urea groups is 1. The number of benzene rings is 1. The summed E-state index contributed by atoms with van der Waals surface area (Å²) in [5, 5.41) is 5.54. The highest BCUT2D eigenvalue weighted by atomic mass is 16.5. The Kier molecular flexibility index (Phi) is 6.43. The van der Waals surface area contributed by atoms with Crippen LogP contribution in [-0.2, 0) is 0 Å². The van der Waals surface area contributed by atoms with Gasteiger partial charge in [0, 0.05) is 19.6 Å². The van der Waals surface area contributed by atoms with E-state index in [0.29, 0.717) is 29.9 Å². The van der Waals surface area contributed by atoms with E-state index in [4.69, 9.17) is 4.74 Å². The summed E-state index contributed by atoms with van der Waals surface area (Å²) in [5.41, 5.74) is 2.45. The number of hydrogen-bond acceptors (Lipinski definition) is 6. The van der Waals surface area contributed by atoms with E-state index in [9.17, 15) is 4.79 Å². The van der Waals surface area contributed by atoms with E-state index in [-0.39, 0.29) is 6.03 Å². The molecule has 1 aromatic carbocycles. The molecule has 1 aliphatic rings. The van der Waals surface area contributed by atoms with E-state index in [1.165, 1.54) is 6.20 Å². The second-order valence-electron chi connectivity index (χ2n) is 7.33. The third-order valence-corrected chi connectivity index (χ3v) is 4.82. The topological polar surface area (TPSA) is 82.6 Å². The van der Waals surface area contributed by atoms with Crippen molar-refractivity contribution in [3.8, 4) is 5.75 Å². The summed E-state index contributed by atoms with van der Waals surface area (Å²) in [5.74, 6) is 1.04. The standard InChI is InChI=1S/C20H28N6O2/c1-14-5-6-18(28-13-16-12-25(3)7-8-26(16)4)17(9-14)23-20(27)24-19-11-21-15(2)10-22-19/h5-6,9-11,16H,7-8,12-13H2,1-4H3,(H2,22,23,24,27). The molecular formula is C20H28N6O2. The molecule has 2 heterocycles. The van der Waals surface area contributed by atoms with Crippen LogP contribution in [0.1, 0.15) is 11.3 Å². The third-order valence-electron chi connectivity index (χ3n) is 4.82. The zero-order chi connectivity index (χ0) is 20.1. The van der Waals surface area contributed by atoms with E-state index in [1.807, 2.05) is 32.0 Å². The van der Waals surface area contributed by atoms with Gasteiger partial charge in [-0.05, 0) is 45.6 Å². The molecule has 3 rings (SSSR count). The highest BCUT2D eigenvalue weighted by Crippen LogP contribution is 2.26. The van der Waals surface area contributed by atoms with Gasteiger partial charge in [0.1, 0.15) is 12.4 Å². The van der Waals surface area contributed by atoms with Crippen LogP contribution in [0.3, 0.4) is 0 Å². The summed E-state index contributed by atoms with van der Waals surface area (Å²) >= 11 is 0. The lowest BCUT2D eigenvalue weighted by Gasteiger charge is -2.37. The first-order valence-electron chi connectivity index (χ1n) is 9.39. The first-order chi connectivity index (χ1) is 13.4. The molecule has 0 aliphatic carbocycles. The Morgan fingerprint density at radius 1 is 1.18 bits per heavy atom.